The van der Waals surface area contributed by atoms with E-state index in [1.54, 1.807) is 0 Å². The molecule has 66 heavy (non-hydrogen) atoms. The molecule has 0 fully saturated rings. The largest absolute Gasteiger partial charge is 0.456 e. The number of hydrogen-bond acceptors (Lipinski definition) is 2. The second-order valence-corrected chi connectivity index (χ2v) is 16.9. The fourth-order valence-corrected chi connectivity index (χ4v) is 9.47. The summed E-state index contributed by atoms with van der Waals surface area (Å²) in [6.07, 6.45) is 0. The summed E-state index contributed by atoms with van der Waals surface area (Å²) in [6.45, 7) is 0. The number of fused-ring (bicyclic) bond motifs is 4. The lowest BCUT2D eigenvalue weighted by Crippen LogP contribution is -2.09. The van der Waals surface area contributed by atoms with E-state index >= 15 is 0 Å². The van der Waals surface area contributed by atoms with Crippen molar-refractivity contribution in [3.05, 3.63) is 261 Å². The molecule has 12 rings (SSSR count). The number of furan rings is 1. The average molecular weight is 842 g/mol. The van der Waals surface area contributed by atoms with Crippen LogP contribution >= 0.6 is 0 Å². The Morgan fingerprint density at radius 3 is 1.24 bits per heavy atom. The van der Waals surface area contributed by atoms with Gasteiger partial charge in [0.25, 0.3) is 0 Å². The molecule has 0 aliphatic carbocycles. The lowest BCUT2D eigenvalue weighted by molar-refractivity contribution is 0.669. The predicted octanol–water partition coefficient (Wildman–Crippen LogP) is 18.2. The molecule has 0 saturated heterocycles. The van der Waals surface area contributed by atoms with Crippen LogP contribution in [-0.4, -0.2) is 0 Å². The molecule has 310 valence electrons. The minimum Gasteiger partial charge on any atom is -0.456 e. The van der Waals surface area contributed by atoms with Crippen LogP contribution in [0.5, 0.6) is 0 Å². The summed E-state index contributed by atoms with van der Waals surface area (Å²) in [6, 6.07) is 93.9. The van der Waals surface area contributed by atoms with Crippen LogP contribution < -0.4 is 4.90 Å². The molecule has 0 N–H and O–H groups in total. The van der Waals surface area contributed by atoms with E-state index in [2.05, 4.69) is 254 Å². The van der Waals surface area contributed by atoms with Crippen LogP contribution in [0.15, 0.2) is 265 Å². The van der Waals surface area contributed by atoms with Crippen LogP contribution in [0.4, 0.5) is 17.1 Å². The maximum atomic E-state index is 6.26. The third kappa shape index (κ3) is 7.41. The Morgan fingerprint density at radius 1 is 0.242 bits per heavy atom. The van der Waals surface area contributed by atoms with E-state index in [1.807, 2.05) is 12.1 Å². The molecular weight excluding hydrogens is 799 g/mol. The first-order chi connectivity index (χ1) is 32.7. The van der Waals surface area contributed by atoms with Crippen molar-refractivity contribution >= 4 is 49.8 Å². The van der Waals surface area contributed by atoms with Crippen LogP contribution in [0.2, 0.25) is 0 Å². The second-order valence-electron chi connectivity index (χ2n) is 16.9. The third-order valence-electron chi connectivity index (χ3n) is 12.9. The second kappa shape index (κ2) is 16.8. The van der Waals surface area contributed by atoms with Crippen LogP contribution in [0.1, 0.15) is 0 Å². The van der Waals surface area contributed by atoms with Gasteiger partial charge in [-0.15, -0.1) is 0 Å². The van der Waals surface area contributed by atoms with Gasteiger partial charge in [-0.25, -0.2) is 0 Å². The van der Waals surface area contributed by atoms with Gasteiger partial charge in [0, 0.05) is 27.8 Å². The summed E-state index contributed by atoms with van der Waals surface area (Å²) in [5, 5.41) is 4.77. The van der Waals surface area contributed by atoms with Crippen molar-refractivity contribution in [1.82, 2.24) is 0 Å². The molecule has 0 spiro atoms. The summed E-state index contributed by atoms with van der Waals surface area (Å²) in [5.41, 5.74) is 19.3. The molecule has 0 atom stereocenters. The van der Waals surface area contributed by atoms with Gasteiger partial charge in [0.2, 0.25) is 0 Å². The molecule has 0 unspecified atom stereocenters. The number of nitrogens with zero attached hydrogens (tertiary/aromatic N) is 1. The Kier molecular flexibility index (Phi) is 9.89. The van der Waals surface area contributed by atoms with E-state index in [4.69, 9.17) is 4.42 Å². The monoisotopic (exact) mass is 841 g/mol. The number of para-hydroxylation sites is 1. The number of benzene rings is 11. The Bertz CT molecular complexity index is 3660. The fraction of sp³-hybridized carbons (Fsp3) is 0. The van der Waals surface area contributed by atoms with Crippen LogP contribution in [-0.2, 0) is 0 Å². The first-order valence-electron chi connectivity index (χ1n) is 22.6. The molecule has 2 heteroatoms. The SMILES string of the molecule is c1ccc(-c2ccc(-c3ccc(N(c4ccc(-c5cccc(-c6cccc(-c7ccc8ccccc8c7)c6)c5)cc4)c4ccc(-c5cccc6oc7ccccc7c56)cc4)cc3)cc2)cc1. The Labute approximate surface area is 384 Å². The standard InChI is InChI=1S/C64H43NO/c1-2-11-44(12-3-1)46-23-25-47(26-24-46)48-29-35-57(36-30-48)65(59-39-33-50(34-40-59)60-20-10-22-63-64(60)61-19-6-7-21-62(61)66-63)58-37-31-49(32-38-58)52-15-8-16-53(41-52)54-17-9-18-55(43-54)56-28-27-45-13-4-5-14-51(45)42-56/h1-43H. The van der Waals surface area contributed by atoms with Crippen molar-refractivity contribution in [3.8, 4) is 66.8 Å². The molecule has 0 saturated carbocycles. The summed E-state index contributed by atoms with van der Waals surface area (Å²) >= 11 is 0. The average Bonchev–Trinajstić information content (AvgIpc) is 3.79. The van der Waals surface area contributed by atoms with Crippen LogP contribution in [0.3, 0.4) is 0 Å². The zero-order valence-electron chi connectivity index (χ0n) is 36.2. The molecule has 0 radical (unpaired) electrons. The topological polar surface area (TPSA) is 16.4 Å². The first kappa shape index (κ1) is 38.9. The summed E-state index contributed by atoms with van der Waals surface area (Å²) in [4.78, 5) is 2.35. The summed E-state index contributed by atoms with van der Waals surface area (Å²) < 4.78 is 6.26. The number of hydrogen-bond donors (Lipinski definition) is 0. The summed E-state index contributed by atoms with van der Waals surface area (Å²) in [5.74, 6) is 0. The highest BCUT2D eigenvalue weighted by atomic mass is 16.3. The molecule has 1 heterocycles. The van der Waals surface area contributed by atoms with Crippen molar-refractivity contribution < 1.29 is 4.42 Å². The quantitative estimate of drug-likeness (QED) is 0.144. The van der Waals surface area contributed by atoms with E-state index in [1.165, 1.54) is 60.8 Å². The van der Waals surface area contributed by atoms with Crippen LogP contribution in [0.25, 0.3) is 99.5 Å². The van der Waals surface area contributed by atoms with Gasteiger partial charge in [-0.2, -0.15) is 0 Å². The summed E-state index contributed by atoms with van der Waals surface area (Å²) in [7, 11) is 0. The zero-order chi connectivity index (χ0) is 43.8. The van der Waals surface area contributed by atoms with Gasteiger partial charge in [-0.3, -0.25) is 0 Å². The molecule has 0 bridgehead atoms. The van der Waals surface area contributed by atoms with Crippen molar-refractivity contribution in [2.24, 2.45) is 0 Å². The van der Waals surface area contributed by atoms with E-state index in [0.717, 1.165) is 55.7 Å². The van der Waals surface area contributed by atoms with Crippen molar-refractivity contribution in [3.63, 3.8) is 0 Å². The van der Waals surface area contributed by atoms with E-state index < -0.39 is 0 Å². The molecule has 11 aromatic carbocycles. The number of anilines is 3. The lowest BCUT2D eigenvalue weighted by atomic mass is 9.95. The lowest BCUT2D eigenvalue weighted by Gasteiger charge is -2.26. The third-order valence-corrected chi connectivity index (χ3v) is 12.9. The fourth-order valence-electron chi connectivity index (χ4n) is 9.47. The smallest absolute Gasteiger partial charge is 0.136 e. The van der Waals surface area contributed by atoms with E-state index in [9.17, 15) is 0 Å². The molecule has 0 amide bonds. The minimum absolute atomic E-state index is 0.898. The minimum atomic E-state index is 0.898. The molecule has 2 nitrogen and oxygen atoms in total. The highest BCUT2D eigenvalue weighted by Gasteiger charge is 2.17. The van der Waals surface area contributed by atoms with Crippen molar-refractivity contribution in [2.45, 2.75) is 0 Å². The molecular formula is C64H43NO. The Morgan fingerprint density at radius 2 is 0.636 bits per heavy atom. The van der Waals surface area contributed by atoms with Gasteiger partial charge in [0.05, 0.1) is 0 Å². The van der Waals surface area contributed by atoms with Crippen molar-refractivity contribution in [1.29, 1.82) is 0 Å². The molecule has 0 aliphatic heterocycles. The first-order valence-corrected chi connectivity index (χ1v) is 22.6. The van der Waals surface area contributed by atoms with Gasteiger partial charge < -0.3 is 9.32 Å². The maximum absolute atomic E-state index is 6.26. The van der Waals surface area contributed by atoms with Gasteiger partial charge in [-0.1, -0.05) is 194 Å². The predicted molar refractivity (Wildman–Crippen MR) is 279 cm³/mol. The van der Waals surface area contributed by atoms with Gasteiger partial charge in [0.15, 0.2) is 0 Å². The molecule has 1 aromatic heterocycles. The maximum Gasteiger partial charge on any atom is 0.136 e. The highest BCUT2D eigenvalue weighted by molar-refractivity contribution is 6.12. The van der Waals surface area contributed by atoms with Crippen molar-refractivity contribution in [2.75, 3.05) is 4.90 Å². The zero-order valence-corrected chi connectivity index (χ0v) is 36.2. The Balaban J connectivity index is 0.876. The van der Waals surface area contributed by atoms with E-state index in [0.29, 0.717) is 0 Å². The van der Waals surface area contributed by atoms with E-state index in [-0.39, 0.29) is 0 Å². The Hall–Kier alpha value is -8.72. The van der Waals surface area contributed by atoms with Gasteiger partial charge in [0.1, 0.15) is 11.2 Å². The normalized spacial score (nSPS) is 11.3. The number of rotatable bonds is 9. The highest BCUT2D eigenvalue weighted by Crippen LogP contribution is 2.41. The van der Waals surface area contributed by atoms with Gasteiger partial charge in [-0.05, 0) is 144 Å². The van der Waals surface area contributed by atoms with Crippen LogP contribution in [0, 0.1) is 0 Å². The molecule has 12 aromatic rings. The molecule has 0 aliphatic rings. The van der Waals surface area contributed by atoms with Gasteiger partial charge >= 0.3 is 0 Å².